The number of esters is 1. The van der Waals surface area contributed by atoms with E-state index in [4.69, 9.17) is 9.47 Å². The number of carbonyl (C=O) groups excluding carboxylic acids is 2. The first kappa shape index (κ1) is 19.0. The molecule has 0 bridgehead atoms. The van der Waals surface area contributed by atoms with E-state index in [1.165, 1.54) is 0 Å². The largest absolute Gasteiger partial charge is 0.460 e. The van der Waals surface area contributed by atoms with Crippen molar-refractivity contribution in [3.05, 3.63) is 17.2 Å². The van der Waals surface area contributed by atoms with Crippen LogP contribution in [-0.2, 0) is 29.1 Å². The maximum Gasteiger partial charge on any atom is 0.410 e. The first-order valence-corrected chi connectivity index (χ1v) is 7.50. The number of aromatic nitrogens is 2. The second kappa shape index (κ2) is 7.02. The molecule has 0 fully saturated rings. The molecule has 0 N–H and O–H groups in total. The Labute approximate surface area is 137 Å². The van der Waals surface area contributed by atoms with E-state index in [-0.39, 0.29) is 13.5 Å². The van der Waals surface area contributed by atoms with Crippen LogP contribution in [0.4, 0.5) is 4.79 Å². The van der Waals surface area contributed by atoms with Gasteiger partial charge in [0.2, 0.25) is 5.82 Å². The molecule has 1 aromatic heterocycles. The summed E-state index contributed by atoms with van der Waals surface area (Å²) in [6, 6.07) is 0. The number of amides is 1. The highest BCUT2D eigenvalue weighted by molar-refractivity contribution is 5.86. The minimum Gasteiger partial charge on any atom is -0.460 e. The van der Waals surface area contributed by atoms with E-state index in [1.54, 1.807) is 16.4 Å². The molecule has 1 aromatic rings. The van der Waals surface area contributed by atoms with Gasteiger partial charge in [-0.1, -0.05) is 7.43 Å². The lowest BCUT2D eigenvalue weighted by molar-refractivity contribution is 0.0237. The predicted molar refractivity (Wildman–Crippen MR) is 86.1 cm³/mol. The lowest BCUT2D eigenvalue weighted by Crippen LogP contribution is -2.34. The summed E-state index contributed by atoms with van der Waals surface area (Å²) in [5, 5.41) is 0. The zero-order chi connectivity index (χ0) is 16.5. The van der Waals surface area contributed by atoms with Crippen LogP contribution in [-0.4, -0.2) is 38.7 Å². The molecule has 0 radical (unpaired) electrons. The molecule has 0 unspecified atom stereocenters. The molecule has 0 saturated carbocycles. The van der Waals surface area contributed by atoms with Crippen molar-refractivity contribution in [2.45, 2.75) is 67.3 Å². The average molecular weight is 325 g/mol. The molecule has 1 amide bonds. The van der Waals surface area contributed by atoms with Gasteiger partial charge < -0.3 is 14.0 Å². The number of fused-ring (bicyclic) bond motifs is 1. The van der Waals surface area contributed by atoms with Crippen molar-refractivity contribution in [2.75, 3.05) is 6.61 Å². The third-order valence-electron chi connectivity index (χ3n) is 3.26. The molecule has 0 saturated heterocycles. The van der Waals surface area contributed by atoms with Crippen molar-refractivity contribution in [1.29, 1.82) is 0 Å². The quantitative estimate of drug-likeness (QED) is 0.799. The highest BCUT2D eigenvalue weighted by Gasteiger charge is 2.33. The molecule has 7 heteroatoms. The molecule has 0 aromatic carbocycles. The van der Waals surface area contributed by atoms with Crippen LogP contribution in [0.5, 0.6) is 0 Å². The number of nitrogens with zero attached hydrogens (tertiary/aromatic N) is 3. The van der Waals surface area contributed by atoms with Gasteiger partial charge in [-0.05, 0) is 34.6 Å². The fourth-order valence-electron chi connectivity index (χ4n) is 2.40. The summed E-state index contributed by atoms with van der Waals surface area (Å²) in [6.45, 7) is 10.8. The van der Waals surface area contributed by atoms with Gasteiger partial charge in [-0.2, -0.15) is 0 Å². The van der Waals surface area contributed by atoms with Crippen LogP contribution in [0.1, 0.15) is 64.1 Å². The third-order valence-corrected chi connectivity index (χ3v) is 3.26. The van der Waals surface area contributed by atoms with E-state index in [0.717, 1.165) is 11.4 Å². The van der Waals surface area contributed by atoms with Gasteiger partial charge in [0, 0.05) is 6.54 Å². The average Bonchev–Trinajstić information content (AvgIpc) is 2.93. The number of ether oxygens (including phenoxy) is 2. The molecular weight excluding hydrogens is 298 g/mol. The normalized spacial score (nSPS) is 13.3. The number of hydrogen-bond donors (Lipinski definition) is 0. The summed E-state index contributed by atoms with van der Waals surface area (Å²) < 4.78 is 12.2. The molecule has 7 nitrogen and oxygen atoms in total. The summed E-state index contributed by atoms with van der Waals surface area (Å²) in [5.74, 6) is -0.124. The van der Waals surface area contributed by atoms with Gasteiger partial charge in [0.1, 0.15) is 5.60 Å². The smallest absolute Gasteiger partial charge is 0.410 e. The molecule has 1 aliphatic heterocycles. The highest BCUT2D eigenvalue weighted by atomic mass is 16.6. The summed E-state index contributed by atoms with van der Waals surface area (Å²) in [6.07, 6.45) is -0.370. The van der Waals surface area contributed by atoms with Gasteiger partial charge in [-0.25, -0.2) is 14.6 Å². The number of rotatable bonds is 3. The Balaban J connectivity index is 0.00000264. The van der Waals surface area contributed by atoms with Crippen molar-refractivity contribution >= 4 is 12.1 Å². The Morgan fingerprint density at radius 3 is 2.39 bits per heavy atom. The fraction of sp³-hybridized carbons (Fsp3) is 0.688. The minimum absolute atomic E-state index is 0. The van der Waals surface area contributed by atoms with Crippen molar-refractivity contribution < 1.29 is 19.1 Å². The van der Waals surface area contributed by atoms with Crippen LogP contribution in [0.3, 0.4) is 0 Å². The minimum atomic E-state index is -0.534. The van der Waals surface area contributed by atoms with Gasteiger partial charge in [0.15, 0.2) is 0 Å². The van der Waals surface area contributed by atoms with Gasteiger partial charge in [0.05, 0.1) is 31.1 Å². The molecule has 0 aliphatic carbocycles. The van der Waals surface area contributed by atoms with Gasteiger partial charge in [-0.3, -0.25) is 4.90 Å². The number of hydrogen-bond acceptors (Lipinski definition) is 5. The van der Waals surface area contributed by atoms with Crippen molar-refractivity contribution in [3.8, 4) is 0 Å². The molecule has 1 aliphatic rings. The second-order valence-electron chi connectivity index (χ2n) is 6.13. The molecule has 2 rings (SSSR count). The van der Waals surface area contributed by atoms with E-state index in [9.17, 15) is 9.59 Å². The molecular formula is C16H27N3O4. The molecule has 0 atom stereocenters. The van der Waals surface area contributed by atoms with Crippen LogP contribution in [0.2, 0.25) is 0 Å². The molecule has 0 spiro atoms. The number of carbonyl (C=O) groups is 2. The second-order valence-corrected chi connectivity index (χ2v) is 6.13. The summed E-state index contributed by atoms with van der Waals surface area (Å²) in [4.78, 5) is 30.0. The Bertz CT molecular complexity index is 587. The SMILES string of the molecule is C.CCOC(=O)c1nc2c(n1CC)CN(C(=O)OC(C)(C)C)C2. The Hall–Kier alpha value is -2.05. The number of imidazole rings is 1. The van der Waals surface area contributed by atoms with Crippen LogP contribution in [0.25, 0.3) is 0 Å². The highest BCUT2D eigenvalue weighted by Crippen LogP contribution is 2.26. The summed E-state index contributed by atoms with van der Waals surface area (Å²) in [7, 11) is 0. The zero-order valence-corrected chi connectivity index (χ0v) is 13.8. The predicted octanol–water partition coefficient (Wildman–Crippen LogP) is 2.97. The Kier molecular flexibility index (Phi) is 5.80. The van der Waals surface area contributed by atoms with Gasteiger partial charge in [-0.15, -0.1) is 0 Å². The third kappa shape index (κ3) is 4.03. The van der Waals surface area contributed by atoms with E-state index < -0.39 is 11.6 Å². The molecule has 2 heterocycles. The zero-order valence-electron chi connectivity index (χ0n) is 13.8. The van der Waals surface area contributed by atoms with Crippen molar-refractivity contribution in [3.63, 3.8) is 0 Å². The topological polar surface area (TPSA) is 73.7 Å². The first-order chi connectivity index (χ1) is 10.3. The Morgan fingerprint density at radius 1 is 1.22 bits per heavy atom. The molecule has 23 heavy (non-hydrogen) atoms. The Morgan fingerprint density at radius 2 is 1.87 bits per heavy atom. The summed E-state index contributed by atoms with van der Waals surface area (Å²) >= 11 is 0. The lowest BCUT2D eigenvalue weighted by Gasteiger charge is -2.24. The maximum absolute atomic E-state index is 12.1. The van der Waals surface area contributed by atoms with Crippen molar-refractivity contribution in [1.82, 2.24) is 14.5 Å². The van der Waals surface area contributed by atoms with Crippen LogP contribution < -0.4 is 0 Å². The van der Waals surface area contributed by atoms with E-state index >= 15 is 0 Å². The van der Waals surface area contributed by atoms with E-state index in [0.29, 0.717) is 32.1 Å². The van der Waals surface area contributed by atoms with Crippen LogP contribution >= 0.6 is 0 Å². The first-order valence-electron chi connectivity index (χ1n) is 7.50. The van der Waals surface area contributed by atoms with Crippen molar-refractivity contribution in [2.24, 2.45) is 0 Å². The fourth-order valence-corrected chi connectivity index (χ4v) is 2.40. The molecule has 130 valence electrons. The standard InChI is InChI=1S/C15H23N3O4.CH4/c1-6-18-11-9-17(14(20)22-15(3,4)5)8-10(11)16-12(18)13(19)21-7-2;/h6-9H2,1-5H3;1H4. The van der Waals surface area contributed by atoms with Gasteiger partial charge >= 0.3 is 12.1 Å². The van der Waals surface area contributed by atoms with E-state index in [1.807, 2.05) is 27.7 Å². The van der Waals surface area contributed by atoms with E-state index in [2.05, 4.69) is 4.98 Å². The van der Waals surface area contributed by atoms with Crippen LogP contribution in [0, 0.1) is 0 Å². The van der Waals surface area contributed by atoms with Gasteiger partial charge in [0.25, 0.3) is 0 Å². The monoisotopic (exact) mass is 325 g/mol. The van der Waals surface area contributed by atoms with Crippen LogP contribution in [0.15, 0.2) is 0 Å². The summed E-state index contributed by atoms with van der Waals surface area (Å²) in [5.41, 5.74) is 1.07. The maximum atomic E-state index is 12.1. The lowest BCUT2D eigenvalue weighted by atomic mass is 10.2.